The van der Waals surface area contributed by atoms with Crippen molar-refractivity contribution in [1.29, 1.82) is 0 Å². The lowest BCUT2D eigenvalue weighted by atomic mass is 10.1. The molecule has 9 nitrogen and oxygen atoms in total. The number of nitrogens with zero attached hydrogens (tertiary/aromatic N) is 1. The van der Waals surface area contributed by atoms with Crippen LogP contribution in [0.2, 0.25) is 5.02 Å². The Bertz CT molecular complexity index is 954. The zero-order valence-electron chi connectivity index (χ0n) is 14.3. The summed E-state index contributed by atoms with van der Waals surface area (Å²) in [6.45, 7) is 1.50. The Balaban J connectivity index is 2.51. The first-order valence-corrected chi connectivity index (χ1v) is 8.46. The van der Waals surface area contributed by atoms with E-state index in [0.717, 1.165) is 24.5 Å². The predicted octanol–water partition coefficient (Wildman–Crippen LogP) is 3.44. The number of benzene rings is 1. The van der Waals surface area contributed by atoms with Gasteiger partial charge < -0.3 is 14.8 Å². The first-order valence-electron chi connectivity index (χ1n) is 7.26. The summed E-state index contributed by atoms with van der Waals surface area (Å²) >= 11 is 6.54. The molecule has 142 valence electrons. The molecule has 0 spiro atoms. The lowest BCUT2D eigenvalue weighted by Crippen LogP contribution is -2.15. The van der Waals surface area contributed by atoms with E-state index in [1.54, 1.807) is 0 Å². The van der Waals surface area contributed by atoms with E-state index < -0.39 is 28.5 Å². The second kappa shape index (κ2) is 8.14. The van der Waals surface area contributed by atoms with Gasteiger partial charge in [0, 0.05) is 11.1 Å². The summed E-state index contributed by atoms with van der Waals surface area (Å²) in [4.78, 5) is 47.0. The number of ether oxygens (including phenoxy) is 2. The van der Waals surface area contributed by atoms with Crippen LogP contribution >= 0.6 is 22.9 Å². The molecule has 0 aliphatic rings. The van der Waals surface area contributed by atoms with Crippen LogP contribution in [-0.2, 0) is 9.47 Å². The van der Waals surface area contributed by atoms with Crippen LogP contribution in [-0.4, -0.2) is 37.0 Å². The number of amides is 1. The fraction of sp³-hybridized carbons (Fsp3) is 0.188. The van der Waals surface area contributed by atoms with Crippen LogP contribution in [0, 0.1) is 17.0 Å². The van der Waals surface area contributed by atoms with Crippen molar-refractivity contribution >= 4 is 51.5 Å². The third-order valence-corrected chi connectivity index (χ3v) is 4.96. The zero-order chi connectivity index (χ0) is 20.3. The predicted molar refractivity (Wildman–Crippen MR) is 97.8 cm³/mol. The molecule has 0 radical (unpaired) electrons. The molecule has 2 aromatic rings. The van der Waals surface area contributed by atoms with Crippen molar-refractivity contribution in [1.82, 2.24) is 0 Å². The maximum absolute atomic E-state index is 12.6. The van der Waals surface area contributed by atoms with Gasteiger partial charge in [-0.15, -0.1) is 11.3 Å². The Hall–Kier alpha value is -2.98. The first kappa shape index (κ1) is 20.3. The summed E-state index contributed by atoms with van der Waals surface area (Å²) in [7, 11) is 2.32. The summed E-state index contributed by atoms with van der Waals surface area (Å²) in [5, 5.41) is 13.7. The van der Waals surface area contributed by atoms with Crippen molar-refractivity contribution in [2.75, 3.05) is 19.5 Å². The second-order valence-electron chi connectivity index (χ2n) is 5.12. The maximum atomic E-state index is 12.6. The molecule has 1 aromatic carbocycles. The van der Waals surface area contributed by atoms with Gasteiger partial charge in [0.1, 0.15) is 15.4 Å². The van der Waals surface area contributed by atoms with Crippen LogP contribution in [0.5, 0.6) is 0 Å². The van der Waals surface area contributed by atoms with Gasteiger partial charge in [0.15, 0.2) is 0 Å². The lowest BCUT2D eigenvalue weighted by Gasteiger charge is -2.07. The number of hydrogen-bond acceptors (Lipinski definition) is 8. The van der Waals surface area contributed by atoms with Gasteiger partial charge in [0.25, 0.3) is 11.6 Å². The van der Waals surface area contributed by atoms with Gasteiger partial charge in [-0.2, -0.15) is 0 Å². The highest BCUT2D eigenvalue weighted by Crippen LogP contribution is 2.35. The molecule has 0 saturated heterocycles. The van der Waals surface area contributed by atoms with Gasteiger partial charge in [-0.3, -0.25) is 14.9 Å². The van der Waals surface area contributed by atoms with Gasteiger partial charge in [0.2, 0.25) is 0 Å². The van der Waals surface area contributed by atoms with Gasteiger partial charge >= 0.3 is 11.9 Å². The minimum absolute atomic E-state index is 0.00833. The van der Waals surface area contributed by atoms with Crippen LogP contribution in [0.3, 0.4) is 0 Å². The van der Waals surface area contributed by atoms with Crippen molar-refractivity contribution in [3.8, 4) is 0 Å². The number of halogens is 1. The zero-order valence-corrected chi connectivity index (χ0v) is 15.9. The van der Waals surface area contributed by atoms with E-state index in [1.165, 1.54) is 26.2 Å². The molecular formula is C16H13ClN2O7S. The highest BCUT2D eigenvalue weighted by atomic mass is 35.5. The normalized spacial score (nSPS) is 10.2. The number of nitrogens with one attached hydrogen (secondary N) is 1. The van der Waals surface area contributed by atoms with E-state index in [2.05, 4.69) is 14.8 Å². The molecule has 0 fully saturated rings. The topological polar surface area (TPSA) is 125 Å². The van der Waals surface area contributed by atoms with Gasteiger partial charge in [-0.05, 0) is 24.6 Å². The molecule has 2 rings (SSSR count). The number of anilines is 1. The van der Waals surface area contributed by atoms with E-state index >= 15 is 0 Å². The monoisotopic (exact) mass is 412 g/mol. The lowest BCUT2D eigenvalue weighted by molar-refractivity contribution is -0.385. The molecule has 27 heavy (non-hydrogen) atoms. The van der Waals surface area contributed by atoms with E-state index in [0.29, 0.717) is 0 Å². The number of hydrogen-bond donors (Lipinski definition) is 1. The van der Waals surface area contributed by atoms with Gasteiger partial charge in [0.05, 0.1) is 24.7 Å². The summed E-state index contributed by atoms with van der Waals surface area (Å²) in [6.07, 6.45) is 0. The van der Waals surface area contributed by atoms with E-state index in [1.807, 2.05) is 0 Å². The van der Waals surface area contributed by atoms with Crippen LogP contribution < -0.4 is 5.32 Å². The Morgan fingerprint density at radius 2 is 1.81 bits per heavy atom. The fourth-order valence-corrected chi connectivity index (χ4v) is 3.53. The number of rotatable bonds is 5. The van der Waals surface area contributed by atoms with Gasteiger partial charge in [-0.1, -0.05) is 11.6 Å². The Morgan fingerprint density at radius 3 is 2.37 bits per heavy atom. The molecule has 1 amide bonds. The Labute approximate surface area is 162 Å². The fourth-order valence-electron chi connectivity index (χ4n) is 2.26. The molecule has 0 aliphatic heterocycles. The summed E-state index contributed by atoms with van der Waals surface area (Å²) in [5.74, 6) is -2.32. The standard InChI is InChI=1S/C16H13ClN2O7S/c1-7-11(15(21)25-2)14(27-12(7)16(22)26-3)18-13(20)9-5-4-8(17)6-10(9)19(23)24/h4-6H,1-3H3,(H,18,20). The highest BCUT2D eigenvalue weighted by molar-refractivity contribution is 7.18. The van der Waals surface area contributed by atoms with Crippen molar-refractivity contribution in [3.05, 3.63) is 54.9 Å². The highest BCUT2D eigenvalue weighted by Gasteiger charge is 2.28. The molecule has 0 bridgehead atoms. The number of carbonyl (C=O) groups excluding carboxylic acids is 3. The summed E-state index contributed by atoms with van der Waals surface area (Å²) in [5.41, 5.74) is -0.528. The average Bonchev–Trinajstić information content (AvgIpc) is 2.96. The van der Waals surface area contributed by atoms with Crippen LogP contribution in [0.4, 0.5) is 10.7 Å². The minimum Gasteiger partial charge on any atom is -0.465 e. The summed E-state index contributed by atoms with van der Waals surface area (Å²) < 4.78 is 9.34. The molecule has 0 atom stereocenters. The molecule has 0 aliphatic carbocycles. The molecule has 11 heteroatoms. The number of esters is 2. The molecule has 1 heterocycles. The average molecular weight is 413 g/mol. The minimum atomic E-state index is -0.846. The quantitative estimate of drug-likeness (QED) is 0.453. The molecule has 0 saturated carbocycles. The van der Waals surface area contributed by atoms with Crippen molar-refractivity contribution in [2.45, 2.75) is 6.92 Å². The second-order valence-corrected chi connectivity index (χ2v) is 6.57. The van der Waals surface area contributed by atoms with Crippen molar-refractivity contribution in [3.63, 3.8) is 0 Å². The Kier molecular flexibility index (Phi) is 6.13. The van der Waals surface area contributed by atoms with Crippen molar-refractivity contribution in [2.24, 2.45) is 0 Å². The molecule has 1 aromatic heterocycles. The van der Waals surface area contributed by atoms with Gasteiger partial charge in [-0.25, -0.2) is 9.59 Å². The number of methoxy groups -OCH3 is 2. The smallest absolute Gasteiger partial charge is 0.348 e. The van der Waals surface area contributed by atoms with E-state index in [-0.39, 0.29) is 31.6 Å². The van der Waals surface area contributed by atoms with Crippen LogP contribution in [0.25, 0.3) is 0 Å². The number of nitro groups is 1. The van der Waals surface area contributed by atoms with Crippen LogP contribution in [0.15, 0.2) is 18.2 Å². The van der Waals surface area contributed by atoms with E-state index in [9.17, 15) is 24.5 Å². The Morgan fingerprint density at radius 1 is 1.19 bits per heavy atom. The summed E-state index contributed by atoms with van der Waals surface area (Å²) in [6, 6.07) is 3.55. The SMILES string of the molecule is COC(=O)c1sc(NC(=O)c2ccc(Cl)cc2[N+](=O)[O-])c(C(=O)OC)c1C. The third-order valence-electron chi connectivity index (χ3n) is 3.54. The van der Waals surface area contributed by atoms with Crippen molar-refractivity contribution < 1.29 is 28.8 Å². The first-order chi connectivity index (χ1) is 12.7. The molecular weight excluding hydrogens is 400 g/mol. The molecule has 0 unspecified atom stereocenters. The maximum Gasteiger partial charge on any atom is 0.348 e. The molecule has 1 N–H and O–H groups in total. The number of nitro benzene ring substituents is 1. The van der Waals surface area contributed by atoms with Crippen LogP contribution in [0.1, 0.15) is 36.0 Å². The van der Waals surface area contributed by atoms with E-state index in [4.69, 9.17) is 11.6 Å². The number of carbonyl (C=O) groups is 3. The number of thiophene rings is 1. The third kappa shape index (κ3) is 4.07. The largest absolute Gasteiger partial charge is 0.465 e.